The minimum absolute atomic E-state index is 0.0114. The summed E-state index contributed by atoms with van der Waals surface area (Å²) in [7, 11) is 3.67. The van der Waals surface area contributed by atoms with Crippen molar-refractivity contribution in [2.75, 3.05) is 27.2 Å². The molecular formula is C25H26F2N2O. The van der Waals surface area contributed by atoms with Crippen LogP contribution in [0.3, 0.4) is 0 Å². The molecule has 0 fully saturated rings. The van der Waals surface area contributed by atoms with Crippen molar-refractivity contribution in [1.82, 2.24) is 9.80 Å². The summed E-state index contributed by atoms with van der Waals surface area (Å²) in [6, 6.07) is 22.4. The maximum absolute atomic E-state index is 13.4. The zero-order valence-electron chi connectivity index (χ0n) is 17.3. The number of hydrogen-bond acceptors (Lipinski definition) is 2. The van der Waals surface area contributed by atoms with Crippen LogP contribution in [0.25, 0.3) is 0 Å². The molecule has 3 rings (SSSR count). The quantitative estimate of drug-likeness (QED) is 0.540. The SMILES string of the molecule is CN(CCc1ccc(F)cc1)C(=O)CN(C)C(c1ccccc1)c1ccc(F)cc1. The van der Waals surface area contributed by atoms with Crippen molar-refractivity contribution in [3.63, 3.8) is 0 Å². The molecule has 0 heterocycles. The molecule has 1 atom stereocenters. The van der Waals surface area contributed by atoms with Crippen LogP contribution in [-0.4, -0.2) is 42.9 Å². The van der Waals surface area contributed by atoms with E-state index in [4.69, 9.17) is 0 Å². The molecular weight excluding hydrogens is 382 g/mol. The van der Waals surface area contributed by atoms with E-state index < -0.39 is 0 Å². The third kappa shape index (κ3) is 5.74. The average Bonchev–Trinajstić information content (AvgIpc) is 2.75. The molecule has 1 unspecified atom stereocenters. The van der Waals surface area contributed by atoms with E-state index in [0.29, 0.717) is 13.0 Å². The van der Waals surface area contributed by atoms with Crippen molar-refractivity contribution in [2.24, 2.45) is 0 Å². The van der Waals surface area contributed by atoms with Crippen LogP contribution < -0.4 is 0 Å². The highest BCUT2D eigenvalue weighted by Gasteiger charge is 2.22. The predicted molar refractivity (Wildman–Crippen MR) is 115 cm³/mol. The Morgan fingerprint density at radius 2 is 1.33 bits per heavy atom. The second-order valence-electron chi connectivity index (χ2n) is 7.47. The van der Waals surface area contributed by atoms with Gasteiger partial charge in [0, 0.05) is 13.6 Å². The molecule has 3 aromatic carbocycles. The molecule has 0 aliphatic rings. The fourth-order valence-electron chi connectivity index (χ4n) is 3.48. The molecule has 0 bridgehead atoms. The molecule has 1 amide bonds. The Morgan fingerprint density at radius 3 is 1.93 bits per heavy atom. The molecule has 156 valence electrons. The largest absolute Gasteiger partial charge is 0.344 e. The lowest BCUT2D eigenvalue weighted by atomic mass is 9.97. The lowest BCUT2D eigenvalue weighted by Crippen LogP contribution is -2.39. The molecule has 0 spiro atoms. The van der Waals surface area contributed by atoms with Gasteiger partial charge in [-0.1, -0.05) is 54.6 Å². The Bertz CT molecular complexity index is 943. The molecule has 0 saturated heterocycles. The topological polar surface area (TPSA) is 23.6 Å². The van der Waals surface area contributed by atoms with Gasteiger partial charge in [0.2, 0.25) is 5.91 Å². The first kappa shape index (κ1) is 21.7. The molecule has 30 heavy (non-hydrogen) atoms. The average molecular weight is 408 g/mol. The first-order valence-electron chi connectivity index (χ1n) is 9.93. The lowest BCUT2D eigenvalue weighted by Gasteiger charge is -2.30. The number of benzene rings is 3. The number of halogens is 2. The smallest absolute Gasteiger partial charge is 0.236 e. The van der Waals surface area contributed by atoms with Crippen LogP contribution in [-0.2, 0) is 11.2 Å². The van der Waals surface area contributed by atoms with E-state index >= 15 is 0 Å². The number of carbonyl (C=O) groups excluding carboxylic acids is 1. The molecule has 3 nitrogen and oxygen atoms in total. The summed E-state index contributed by atoms with van der Waals surface area (Å²) in [5.41, 5.74) is 2.94. The Hall–Kier alpha value is -3.05. The summed E-state index contributed by atoms with van der Waals surface area (Å²) in [4.78, 5) is 16.5. The number of rotatable bonds is 8. The molecule has 5 heteroatoms. The third-order valence-corrected chi connectivity index (χ3v) is 5.20. The summed E-state index contributed by atoms with van der Waals surface area (Å²) in [5, 5.41) is 0. The van der Waals surface area contributed by atoms with Gasteiger partial charge in [-0.2, -0.15) is 0 Å². The molecule has 0 saturated carbocycles. The van der Waals surface area contributed by atoms with Gasteiger partial charge in [0.1, 0.15) is 11.6 Å². The number of likely N-dealkylation sites (N-methyl/N-ethyl adjacent to an activating group) is 2. The summed E-state index contributed by atoms with van der Waals surface area (Å²) in [6.07, 6.45) is 0.659. The summed E-state index contributed by atoms with van der Waals surface area (Å²) in [6.45, 7) is 0.766. The summed E-state index contributed by atoms with van der Waals surface area (Å²) in [5.74, 6) is -0.565. The first-order valence-corrected chi connectivity index (χ1v) is 9.93. The van der Waals surface area contributed by atoms with E-state index in [9.17, 15) is 13.6 Å². The molecule has 3 aromatic rings. The Kier molecular flexibility index (Phi) is 7.31. The van der Waals surface area contributed by atoms with Gasteiger partial charge in [-0.25, -0.2) is 8.78 Å². The molecule has 0 radical (unpaired) electrons. The first-order chi connectivity index (χ1) is 14.4. The lowest BCUT2D eigenvalue weighted by molar-refractivity contribution is -0.131. The van der Waals surface area contributed by atoms with Gasteiger partial charge in [-0.15, -0.1) is 0 Å². The monoisotopic (exact) mass is 408 g/mol. The highest BCUT2D eigenvalue weighted by molar-refractivity contribution is 5.78. The van der Waals surface area contributed by atoms with E-state index in [1.54, 1.807) is 36.2 Å². The Morgan fingerprint density at radius 1 is 0.800 bits per heavy atom. The van der Waals surface area contributed by atoms with Crippen LogP contribution in [0.4, 0.5) is 8.78 Å². The van der Waals surface area contributed by atoms with Gasteiger partial charge in [0.05, 0.1) is 12.6 Å². The van der Waals surface area contributed by atoms with Crippen LogP contribution in [0, 0.1) is 11.6 Å². The fourth-order valence-corrected chi connectivity index (χ4v) is 3.48. The predicted octanol–water partition coefficient (Wildman–Crippen LogP) is 4.69. The van der Waals surface area contributed by atoms with Gasteiger partial charge < -0.3 is 4.90 Å². The van der Waals surface area contributed by atoms with E-state index in [0.717, 1.165) is 16.7 Å². The standard InChI is InChI=1S/C25H26F2N2O/c1-28(17-16-19-8-12-22(26)13-9-19)24(30)18-29(2)25(20-6-4-3-5-7-20)21-10-14-23(27)15-11-21/h3-15,25H,16-18H2,1-2H3. The number of nitrogens with zero attached hydrogens (tertiary/aromatic N) is 2. The second-order valence-corrected chi connectivity index (χ2v) is 7.47. The van der Waals surface area contributed by atoms with E-state index in [2.05, 4.69) is 0 Å². The van der Waals surface area contributed by atoms with Crippen LogP contribution in [0.5, 0.6) is 0 Å². The minimum Gasteiger partial charge on any atom is -0.344 e. The summed E-state index contributed by atoms with van der Waals surface area (Å²) < 4.78 is 26.5. The van der Waals surface area contributed by atoms with Gasteiger partial charge >= 0.3 is 0 Å². The van der Waals surface area contributed by atoms with Crippen molar-refractivity contribution in [2.45, 2.75) is 12.5 Å². The van der Waals surface area contributed by atoms with Crippen LogP contribution in [0.15, 0.2) is 78.9 Å². The normalized spacial score (nSPS) is 12.0. The van der Waals surface area contributed by atoms with Crippen molar-refractivity contribution in [3.05, 3.63) is 107 Å². The maximum atomic E-state index is 13.4. The van der Waals surface area contributed by atoms with Crippen molar-refractivity contribution in [1.29, 1.82) is 0 Å². The van der Waals surface area contributed by atoms with Gasteiger partial charge in [0.25, 0.3) is 0 Å². The maximum Gasteiger partial charge on any atom is 0.236 e. The summed E-state index contributed by atoms with van der Waals surface area (Å²) >= 11 is 0. The van der Waals surface area contributed by atoms with Gasteiger partial charge in [-0.05, 0) is 54.4 Å². The minimum atomic E-state index is -0.287. The number of amides is 1. The zero-order chi connectivity index (χ0) is 21.5. The molecule has 0 aliphatic carbocycles. The van der Waals surface area contributed by atoms with Gasteiger partial charge in [0.15, 0.2) is 0 Å². The second kappa shape index (κ2) is 10.1. The highest BCUT2D eigenvalue weighted by Crippen LogP contribution is 2.27. The third-order valence-electron chi connectivity index (χ3n) is 5.20. The molecule has 0 N–H and O–H groups in total. The number of carbonyl (C=O) groups is 1. The zero-order valence-corrected chi connectivity index (χ0v) is 17.3. The number of hydrogen-bond donors (Lipinski definition) is 0. The van der Waals surface area contributed by atoms with E-state index in [1.165, 1.54) is 24.3 Å². The van der Waals surface area contributed by atoms with Crippen LogP contribution >= 0.6 is 0 Å². The van der Waals surface area contributed by atoms with Crippen molar-refractivity contribution >= 4 is 5.91 Å². The van der Waals surface area contributed by atoms with Crippen molar-refractivity contribution < 1.29 is 13.6 Å². The Labute approximate surface area is 176 Å². The van der Waals surface area contributed by atoms with E-state index in [1.807, 2.05) is 42.3 Å². The molecule has 0 aliphatic heterocycles. The fraction of sp³-hybridized carbons (Fsp3) is 0.240. The molecule has 0 aromatic heterocycles. The van der Waals surface area contributed by atoms with Gasteiger partial charge in [-0.3, -0.25) is 9.69 Å². The van der Waals surface area contributed by atoms with Crippen LogP contribution in [0.2, 0.25) is 0 Å². The Balaban J connectivity index is 1.68. The van der Waals surface area contributed by atoms with E-state index in [-0.39, 0.29) is 30.1 Å². The highest BCUT2D eigenvalue weighted by atomic mass is 19.1. The van der Waals surface area contributed by atoms with Crippen molar-refractivity contribution in [3.8, 4) is 0 Å². The van der Waals surface area contributed by atoms with Crippen LogP contribution in [0.1, 0.15) is 22.7 Å².